The van der Waals surface area contributed by atoms with Gasteiger partial charge in [-0.2, -0.15) is 0 Å². The Morgan fingerprint density at radius 1 is 1.05 bits per heavy atom. The molecular weight excluding hydrogens is 272 g/mol. The van der Waals surface area contributed by atoms with Crippen molar-refractivity contribution in [2.45, 2.75) is 77.7 Å². The van der Waals surface area contributed by atoms with E-state index in [1.807, 2.05) is 0 Å². The summed E-state index contributed by atoms with van der Waals surface area (Å²) in [7, 11) is 0. The summed E-state index contributed by atoms with van der Waals surface area (Å²) in [5.41, 5.74) is -0.206. The minimum atomic E-state index is -0.528. The highest BCUT2D eigenvalue weighted by Crippen LogP contribution is 2.66. The topological polar surface area (TPSA) is 40.5 Å². The predicted octanol–water partition coefficient (Wildman–Crippen LogP) is 4.31. The third-order valence-electron chi connectivity index (χ3n) is 7.98. The summed E-state index contributed by atoms with van der Waals surface area (Å²) in [6.07, 6.45) is 10.7. The monoisotopic (exact) mass is 306 g/mol. The molecule has 2 nitrogen and oxygen atoms in total. The molecule has 3 fully saturated rings. The van der Waals surface area contributed by atoms with E-state index in [0.717, 1.165) is 38.5 Å². The summed E-state index contributed by atoms with van der Waals surface area (Å²) in [5, 5.41) is 21.5. The van der Waals surface area contributed by atoms with Crippen molar-refractivity contribution in [3.63, 3.8) is 0 Å². The van der Waals surface area contributed by atoms with Crippen molar-refractivity contribution in [1.82, 2.24) is 0 Å². The molecule has 0 saturated heterocycles. The first kappa shape index (κ1) is 16.5. The van der Waals surface area contributed by atoms with E-state index in [4.69, 9.17) is 0 Å². The van der Waals surface area contributed by atoms with Gasteiger partial charge in [0.25, 0.3) is 0 Å². The van der Waals surface area contributed by atoms with E-state index in [0.29, 0.717) is 18.4 Å². The maximum absolute atomic E-state index is 11.5. The summed E-state index contributed by atoms with van der Waals surface area (Å²) < 4.78 is 0. The standard InChI is InChI=1S/C20H34O2/c1-5-17(2)11-7-16-19(4)10-6-9-18(3,14-21)15(19)8-12-20(16,22)13-17/h5,15-16,21-22H,1,6-14H2,2-4H3/t15-,16+,17-,18-,19+,20-/m1/s1. The molecule has 0 aliphatic heterocycles. The van der Waals surface area contributed by atoms with E-state index >= 15 is 0 Å². The van der Waals surface area contributed by atoms with Crippen molar-refractivity contribution in [1.29, 1.82) is 0 Å². The van der Waals surface area contributed by atoms with Gasteiger partial charge in [0.1, 0.15) is 0 Å². The quantitative estimate of drug-likeness (QED) is 0.746. The highest BCUT2D eigenvalue weighted by atomic mass is 16.3. The molecule has 2 heteroatoms. The molecule has 0 aromatic rings. The van der Waals surface area contributed by atoms with E-state index in [9.17, 15) is 10.2 Å². The first-order valence-electron chi connectivity index (χ1n) is 9.18. The molecule has 22 heavy (non-hydrogen) atoms. The number of hydrogen-bond donors (Lipinski definition) is 2. The Bertz CT molecular complexity index is 461. The van der Waals surface area contributed by atoms with Crippen LogP contribution in [-0.2, 0) is 0 Å². The lowest BCUT2D eigenvalue weighted by molar-refractivity contribution is -0.210. The molecule has 126 valence electrons. The summed E-state index contributed by atoms with van der Waals surface area (Å²) >= 11 is 0. The van der Waals surface area contributed by atoms with Gasteiger partial charge in [-0.05, 0) is 73.0 Å². The van der Waals surface area contributed by atoms with Gasteiger partial charge < -0.3 is 10.2 Å². The summed E-state index contributed by atoms with van der Waals surface area (Å²) in [4.78, 5) is 0. The molecular formula is C20H34O2. The van der Waals surface area contributed by atoms with Crippen LogP contribution >= 0.6 is 0 Å². The Kier molecular flexibility index (Phi) is 3.81. The third kappa shape index (κ3) is 2.21. The second kappa shape index (κ2) is 5.08. The van der Waals surface area contributed by atoms with Gasteiger partial charge in [0.15, 0.2) is 0 Å². The van der Waals surface area contributed by atoms with Crippen LogP contribution in [-0.4, -0.2) is 22.4 Å². The largest absolute Gasteiger partial charge is 0.396 e. The van der Waals surface area contributed by atoms with Crippen LogP contribution in [0.4, 0.5) is 0 Å². The number of aliphatic hydroxyl groups excluding tert-OH is 1. The van der Waals surface area contributed by atoms with Crippen molar-refractivity contribution < 1.29 is 10.2 Å². The average Bonchev–Trinajstić information content (AvgIpc) is 2.46. The van der Waals surface area contributed by atoms with Crippen LogP contribution < -0.4 is 0 Å². The Labute approximate surface area is 136 Å². The number of rotatable bonds is 2. The summed E-state index contributed by atoms with van der Waals surface area (Å²) in [6, 6.07) is 0. The van der Waals surface area contributed by atoms with Gasteiger partial charge in [0.05, 0.1) is 5.60 Å². The lowest BCUT2D eigenvalue weighted by atomic mass is 9.42. The van der Waals surface area contributed by atoms with Gasteiger partial charge in [-0.3, -0.25) is 0 Å². The van der Waals surface area contributed by atoms with Gasteiger partial charge in [-0.1, -0.05) is 33.3 Å². The van der Waals surface area contributed by atoms with Gasteiger partial charge >= 0.3 is 0 Å². The number of fused-ring (bicyclic) bond motifs is 3. The first-order valence-corrected chi connectivity index (χ1v) is 9.18. The molecule has 0 aromatic heterocycles. The Balaban J connectivity index is 1.94. The van der Waals surface area contributed by atoms with Crippen LogP contribution in [0.2, 0.25) is 0 Å². The van der Waals surface area contributed by atoms with Gasteiger partial charge in [0, 0.05) is 6.61 Å². The molecule has 2 N–H and O–H groups in total. The van der Waals surface area contributed by atoms with Crippen LogP contribution in [0.1, 0.15) is 72.1 Å². The van der Waals surface area contributed by atoms with Crippen molar-refractivity contribution in [3.8, 4) is 0 Å². The molecule has 3 rings (SSSR count). The van der Waals surface area contributed by atoms with Gasteiger partial charge in [-0.25, -0.2) is 0 Å². The number of aliphatic hydroxyl groups is 2. The SMILES string of the molecule is C=C[C@]1(C)CC[C@@H]2[C@@](O)(CC[C@@H]3[C@@](C)(CO)CCC[C@@]32C)C1. The van der Waals surface area contributed by atoms with Crippen molar-refractivity contribution in [2.24, 2.45) is 28.1 Å². The maximum atomic E-state index is 11.5. The maximum Gasteiger partial charge on any atom is 0.0689 e. The number of hydrogen-bond acceptors (Lipinski definition) is 2. The van der Waals surface area contributed by atoms with E-state index in [1.54, 1.807) is 0 Å². The highest BCUT2D eigenvalue weighted by molar-refractivity contribution is 5.14. The van der Waals surface area contributed by atoms with Crippen molar-refractivity contribution in [2.75, 3.05) is 6.61 Å². The van der Waals surface area contributed by atoms with E-state index in [2.05, 4.69) is 33.4 Å². The normalized spacial score (nSPS) is 55.1. The fourth-order valence-electron chi connectivity index (χ4n) is 6.73. The number of allylic oxidation sites excluding steroid dienone is 1. The van der Waals surface area contributed by atoms with Crippen LogP contribution in [0.3, 0.4) is 0 Å². The van der Waals surface area contributed by atoms with Crippen molar-refractivity contribution >= 4 is 0 Å². The molecule has 0 unspecified atom stereocenters. The molecule has 0 amide bonds. The minimum absolute atomic E-state index is 0.0491. The molecule has 0 heterocycles. The van der Waals surface area contributed by atoms with Crippen molar-refractivity contribution in [3.05, 3.63) is 12.7 Å². The first-order chi connectivity index (χ1) is 10.2. The fourth-order valence-corrected chi connectivity index (χ4v) is 6.73. The molecule has 3 saturated carbocycles. The summed E-state index contributed by atoms with van der Waals surface area (Å²) in [6.45, 7) is 11.2. The molecule has 0 bridgehead atoms. The van der Waals surface area contributed by atoms with E-state index in [1.165, 1.54) is 12.8 Å². The van der Waals surface area contributed by atoms with E-state index in [-0.39, 0.29) is 16.2 Å². The Hall–Kier alpha value is -0.340. The van der Waals surface area contributed by atoms with Gasteiger partial charge in [-0.15, -0.1) is 6.58 Å². The zero-order chi connectivity index (χ0) is 16.2. The lowest BCUT2D eigenvalue weighted by Crippen LogP contribution is -2.62. The van der Waals surface area contributed by atoms with Crippen LogP contribution in [0, 0.1) is 28.1 Å². The van der Waals surface area contributed by atoms with Gasteiger partial charge in [0.2, 0.25) is 0 Å². The van der Waals surface area contributed by atoms with E-state index < -0.39 is 5.60 Å². The predicted molar refractivity (Wildman–Crippen MR) is 90.5 cm³/mol. The zero-order valence-electron chi connectivity index (χ0n) is 14.7. The highest BCUT2D eigenvalue weighted by Gasteiger charge is 2.62. The second-order valence-corrected chi connectivity index (χ2v) is 9.49. The van der Waals surface area contributed by atoms with Crippen LogP contribution in [0.15, 0.2) is 12.7 Å². The molecule has 0 radical (unpaired) electrons. The Morgan fingerprint density at radius 3 is 2.36 bits per heavy atom. The molecule has 3 aliphatic carbocycles. The average molecular weight is 306 g/mol. The molecule has 6 atom stereocenters. The van der Waals surface area contributed by atoms with Crippen LogP contribution in [0.5, 0.6) is 0 Å². The van der Waals surface area contributed by atoms with Crippen LogP contribution in [0.25, 0.3) is 0 Å². The summed E-state index contributed by atoms with van der Waals surface area (Å²) in [5.74, 6) is 0.940. The lowest BCUT2D eigenvalue weighted by Gasteiger charge is -2.64. The zero-order valence-corrected chi connectivity index (χ0v) is 14.7. The molecule has 0 spiro atoms. The smallest absolute Gasteiger partial charge is 0.0689 e. The third-order valence-corrected chi connectivity index (χ3v) is 7.98. The molecule has 0 aromatic carbocycles. The fraction of sp³-hybridized carbons (Fsp3) is 0.900. The molecule has 3 aliphatic rings. The second-order valence-electron chi connectivity index (χ2n) is 9.49. The minimum Gasteiger partial charge on any atom is -0.396 e. The Morgan fingerprint density at radius 2 is 1.73 bits per heavy atom.